The molecule has 1 saturated heterocycles. The number of hydrogen-bond acceptors (Lipinski definition) is 3. The Bertz CT molecular complexity index is 880. The Morgan fingerprint density at radius 2 is 1.79 bits per heavy atom. The molecule has 1 fully saturated rings. The zero-order chi connectivity index (χ0) is 20.3. The summed E-state index contributed by atoms with van der Waals surface area (Å²) in [4.78, 5) is 28.6. The van der Waals surface area contributed by atoms with Crippen LogP contribution in [0, 0.1) is 5.92 Å². The van der Waals surface area contributed by atoms with E-state index in [2.05, 4.69) is 26.1 Å². The number of amides is 2. The Morgan fingerprint density at radius 1 is 1.07 bits per heavy atom. The molecule has 2 aromatic rings. The number of nitrogens with zero attached hydrogens (tertiary/aromatic N) is 2. The third kappa shape index (κ3) is 4.86. The number of anilines is 2. The van der Waals surface area contributed by atoms with E-state index >= 15 is 0 Å². The summed E-state index contributed by atoms with van der Waals surface area (Å²) < 4.78 is 0.851. The Morgan fingerprint density at radius 3 is 2.39 bits per heavy atom. The van der Waals surface area contributed by atoms with Gasteiger partial charge in [-0.1, -0.05) is 47.4 Å². The fourth-order valence-corrected chi connectivity index (χ4v) is 3.91. The molecule has 0 spiro atoms. The second kappa shape index (κ2) is 8.97. The second-order valence-electron chi connectivity index (χ2n) is 7.10. The fraction of sp³-hybridized carbons (Fsp3) is 0.333. The molecule has 28 heavy (non-hydrogen) atoms. The molecule has 3 rings (SSSR count). The first-order valence-corrected chi connectivity index (χ1v) is 10.4. The highest BCUT2D eigenvalue weighted by Gasteiger charge is 2.24. The lowest BCUT2D eigenvalue weighted by atomic mass is 10.1. The lowest BCUT2D eigenvalue weighted by Gasteiger charge is -2.37. The average molecular weight is 465 g/mol. The Balaban J connectivity index is 1.65. The first kappa shape index (κ1) is 20.7. The molecule has 2 amide bonds. The highest BCUT2D eigenvalue weighted by atomic mass is 79.9. The van der Waals surface area contributed by atoms with E-state index in [-0.39, 0.29) is 17.7 Å². The van der Waals surface area contributed by atoms with E-state index < -0.39 is 0 Å². The van der Waals surface area contributed by atoms with Gasteiger partial charge in [0.25, 0.3) is 5.91 Å². The Kier molecular flexibility index (Phi) is 6.62. The van der Waals surface area contributed by atoms with Gasteiger partial charge in [-0.05, 0) is 36.4 Å². The summed E-state index contributed by atoms with van der Waals surface area (Å²) >= 11 is 9.86. The van der Waals surface area contributed by atoms with Crippen LogP contribution in [-0.2, 0) is 4.79 Å². The highest BCUT2D eigenvalue weighted by molar-refractivity contribution is 9.10. The summed E-state index contributed by atoms with van der Waals surface area (Å²) in [6.45, 7) is 6.70. The topological polar surface area (TPSA) is 52.7 Å². The molecular formula is C21H23BrClN3O2. The molecule has 1 N–H and O–H groups in total. The summed E-state index contributed by atoms with van der Waals surface area (Å²) in [5, 5.41) is 3.45. The average Bonchev–Trinajstić information content (AvgIpc) is 2.67. The van der Waals surface area contributed by atoms with E-state index in [0.717, 1.165) is 23.2 Å². The monoisotopic (exact) mass is 463 g/mol. The van der Waals surface area contributed by atoms with Gasteiger partial charge in [-0.2, -0.15) is 0 Å². The minimum atomic E-state index is -0.189. The van der Waals surface area contributed by atoms with Crippen molar-refractivity contribution in [2.75, 3.05) is 36.4 Å². The molecule has 0 aromatic heterocycles. The normalized spacial score (nSPS) is 14.3. The maximum atomic E-state index is 12.4. The molecule has 0 aliphatic carbocycles. The van der Waals surface area contributed by atoms with Crippen LogP contribution in [0.1, 0.15) is 24.2 Å². The summed E-state index contributed by atoms with van der Waals surface area (Å²) in [6.07, 6.45) is 0. The van der Waals surface area contributed by atoms with Crippen LogP contribution < -0.4 is 10.2 Å². The zero-order valence-corrected chi connectivity index (χ0v) is 18.3. The van der Waals surface area contributed by atoms with Gasteiger partial charge in [0.15, 0.2) is 0 Å². The van der Waals surface area contributed by atoms with E-state index in [1.807, 2.05) is 43.0 Å². The van der Waals surface area contributed by atoms with Crippen molar-refractivity contribution in [3.05, 3.63) is 57.5 Å². The maximum Gasteiger partial charge on any atom is 0.255 e. The van der Waals surface area contributed by atoms with Gasteiger partial charge in [-0.25, -0.2) is 0 Å². The van der Waals surface area contributed by atoms with Crippen LogP contribution in [0.15, 0.2) is 46.9 Å². The molecule has 0 unspecified atom stereocenters. The number of nitrogens with one attached hydrogen (secondary N) is 1. The molecule has 1 aliphatic rings. The van der Waals surface area contributed by atoms with Crippen LogP contribution in [-0.4, -0.2) is 42.9 Å². The number of carbonyl (C=O) groups excluding carboxylic acids is 2. The van der Waals surface area contributed by atoms with Gasteiger partial charge in [0.2, 0.25) is 5.91 Å². The summed E-state index contributed by atoms with van der Waals surface area (Å²) in [5.41, 5.74) is 2.13. The fourth-order valence-electron chi connectivity index (χ4n) is 3.21. The van der Waals surface area contributed by atoms with Crippen molar-refractivity contribution >= 4 is 50.7 Å². The predicted octanol–water partition coefficient (Wildman–Crippen LogP) is 4.66. The van der Waals surface area contributed by atoms with Crippen LogP contribution in [0.25, 0.3) is 0 Å². The van der Waals surface area contributed by atoms with Gasteiger partial charge in [0.05, 0.1) is 10.7 Å². The second-order valence-corrected chi connectivity index (χ2v) is 8.42. The third-order valence-corrected chi connectivity index (χ3v) is 5.51. The van der Waals surface area contributed by atoms with E-state index in [4.69, 9.17) is 11.6 Å². The van der Waals surface area contributed by atoms with Crippen molar-refractivity contribution in [2.45, 2.75) is 13.8 Å². The van der Waals surface area contributed by atoms with Crippen LogP contribution in [0.5, 0.6) is 0 Å². The molecule has 1 heterocycles. The van der Waals surface area contributed by atoms with Crippen molar-refractivity contribution in [1.82, 2.24) is 4.90 Å². The van der Waals surface area contributed by atoms with Crippen molar-refractivity contribution in [3.63, 3.8) is 0 Å². The number of hydrogen-bond donors (Lipinski definition) is 1. The molecule has 7 heteroatoms. The van der Waals surface area contributed by atoms with Gasteiger partial charge in [0.1, 0.15) is 0 Å². The molecule has 0 bridgehead atoms. The van der Waals surface area contributed by atoms with Gasteiger partial charge in [0, 0.05) is 47.8 Å². The molecule has 148 valence electrons. The SMILES string of the molecule is CC(C)C(=O)N1CCN(c2ccc(NC(=O)c3cccc(Br)c3)cc2Cl)CC1. The number of piperazine rings is 1. The molecule has 1 aliphatic heterocycles. The number of carbonyl (C=O) groups is 2. The quantitative estimate of drug-likeness (QED) is 0.716. The smallest absolute Gasteiger partial charge is 0.255 e. The first-order valence-electron chi connectivity index (χ1n) is 9.25. The molecule has 0 saturated carbocycles. The van der Waals surface area contributed by atoms with Crippen molar-refractivity contribution in [3.8, 4) is 0 Å². The minimum absolute atomic E-state index is 0.0169. The van der Waals surface area contributed by atoms with E-state index in [9.17, 15) is 9.59 Å². The van der Waals surface area contributed by atoms with Gasteiger partial charge >= 0.3 is 0 Å². The molecular weight excluding hydrogens is 442 g/mol. The zero-order valence-electron chi connectivity index (χ0n) is 15.9. The molecule has 0 atom stereocenters. The van der Waals surface area contributed by atoms with Gasteiger partial charge < -0.3 is 15.1 Å². The first-order chi connectivity index (χ1) is 13.3. The van der Waals surface area contributed by atoms with Crippen LogP contribution in [0.3, 0.4) is 0 Å². The number of rotatable bonds is 4. The van der Waals surface area contributed by atoms with Crippen LogP contribution in [0.2, 0.25) is 5.02 Å². The summed E-state index contributed by atoms with van der Waals surface area (Å²) in [7, 11) is 0. The standard InChI is InChI=1S/C21H23BrClN3O2/c1-14(2)21(28)26-10-8-25(9-11-26)19-7-6-17(13-18(19)23)24-20(27)15-4-3-5-16(22)12-15/h3-7,12-14H,8-11H2,1-2H3,(H,24,27). The van der Waals surface area contributed by atoms with Crippen LogP contribution in [0.4, 0.5) is 11.4 Å². The van der Waals surface area contributed by atoms with Crippen molar-refractivity contribution in [1.29, 1.82) is 0 Å². The van der Waals surface area contributed by atoms with E-state index in [1.54, 1.807) is 18.2 Å². The van der Waals surface area contributed by atoms with E-state index in [1.165, 1.54) is 0 Å². The lowest BCUT2D eigenvalue weighted by Crippen LogP contribution is -2.50. The van der Waals surface area contributed by atoms with Crippen molar-refractivity contribution < 1.29 is 9.59 Å². The van der Waals surface area contributed by atoms with Gasteiger partial charge in [-0.15, -0.1) is 0 Å². The summed E-state index contributed by atoms with van der Waals surface area (Å²) in [6, 6.07) is 12.7. The lowest BCUT2D eigenvalue weighted by molar-refractivity contribution is -0.134. The van der Waals surface area contributed by atoms with Gasteiger partial charge in [-0.3, -0.25) is 9.59 Å². The Labute approximate surface area is 178 Å². The molecule has 0 radical (unpaired) electrons. The Hall–Kier alpha value is -2.05. The predicted molar refractivity (Wildman–Crippen MR) is 117 cm³/mol. The third-order valence-electron chi connectivity index (χ3n) is 4.72. The largest absolute Gasteiger partial charge is 0.367 e. The van der Waals surface area contributed by atoms with Crippen LogP contribution >= 0.6 is 27.5 Å². The van der Waals surface area contributed by atoms with Crippen molar-refractivity contribution in [2.24, 2.45) is 5.92 Å². The summed E-state index contributed by atoms with van der Waals surface area (Å²) in [5.74, 6) is 0.0190. The maximum absolute atomic E-state index is 12.4. The van der Waals surface area contributed by atoms with E-state index in [0.29, 0.717) is 29.4 Å². The minimum Gasteiger partial charge on any atom is -0.367 e. The number of halogens is 2. The molecule has 5 nitrogen and oxygen atoms in total. The molecule has 2 aromatic carbocycles. The number of benzene rings is 2. The highest BCUT2D eigenvalue weighted by Crippen LogP contribution is 2.30.